The van der Waals surface area contributed by atoms with Gasteiger partial charge in [-0.25, -0.2) is 18.9 Å². The normalized spacial score (nSPS) is 11.6. The van der Waals surface area contributed by atoms with E-state index in [4.69, 9.17) is 21.6 Å². The van der Waals surface area contributed by atoms with Crippen molar-refractivity contribution in [2.45, 2.75) is 19.4 Å². The summed E-state index contributed by atoms with van der Waals surface area (Å²) in [6.07, 6.45) is 2.91. The molecule has 0 bridgehead atoms. The number of rotatable bonds is 3. The largest absolute Gasteiger partial charge is 0.493 e. The van der Waals surface area contributed by atoms with Crippen LogP contribution >= 0.6 is 11.6 Å². The lowest BCUT2D eigenvalue weighted by atomic mass is 10.0. The standard InChI is InChI=1S/C16H13ClFN5O2/c1-16(2,24)13-11(25-3)7-23-15(22-13)9(6-20-23)12-10(18)4-8(5-19)14(17)21-12/h4,6-7,24H,1-3H3. The second-order valence-electron chi connectivity index (χ2n) is 5.81. The van der Waals surface area contributed by atoms with Crippen molar-refractivity contribution in [2.24, 2.45) is 0 Å². The van der Waals surface area contributed by atoms with Crippen LogP contribution in [-0.4, -0.2) is 31.8 Å². The lowest BCUT2D eigenvalue weighted by Gasteiger charge is -2.19. The predicted molar refractivity (Wildman–Crippen MR) is 87.7 cm³/mol. The van der Waals surface area contributed by atoms with Crippen LogP contribution in [0.5, 0.6) is 5.75 Å². The van der Waals surface area contributed by atoms with E-state index in [1.165, 1.54) is 24.0 Å². The Kier molecular flexibility index (Phi) is 4.06. The van der Waals surface area contributed by atoms with Crippen molar-refractivity contribution >= 4 is 17.2 Å². The Hall–Kier alpha value is -2.76. The van der Waals surface area contributed by atoms with E-state index in [0.717, 1.165) is 6.07 Å². The van der Waals surface area contributed by atoms with Gasteiger partial charge in [0.25, 0.3) is 0 Å². The molecule has 3 aromatic heterocycles. The van der Waals surface area contributed by atoms with Crippen molar-refractivity contribution in [3.8, 4) is 23.1 Å². The number of aromatic nitrogens is 4. The fourth-order valence-electron chi connectivity index (χ4n) is 2.38. The SMILES string of the molecule is COc1cn2ncc(-c3nc(Cl)c(C#N)cc3F)c2nc1C(C)(C)O. The first-order chi connectivity index (χ1) is 11.8. The number of pyridine rings is 1. The highest BCUT2D eigenvalue weighted by atomic mass is 35.5. The molecule has 0 aliphatic heterocycles. The summed E-state index contributed by atoms with van der Waals surface area (Å²) >= 11 is 5.91. The van der Waals surface area contributed by atoms with Crippen LogP contribution in [0, 0.1) is 17.1 Å². The van der Waals surface area contributed by atoms with Crippen LogP contribution in [-0.2, 0) is 5.60 Å². The zero-order valence-corrected chi connectivity index (χ0v) is 14.3. The van der Waals surface area contributed by atoms with Gasteiger partial charge in [-0.2, -0.15) is 10.4 Å². The number of hydrogen-bond donors (Lipinski definition) is 1. The maximum absolute atomic E-state index is 14.4. The molecule has 0 saturated heterocycles. The fraction of sp³-hybridized carbons (Fsp3) is 0.250. The van der Waals surface area contributed by atoms with Crippen LogP contribution in [0.4, 0.5) is 4.39 Å². The van der Waals surface area contributed by atoms with Gasteiger partial charge in [0.15, 0.2) is 17.2 Å². The molecular weight excluding hydrogens is 349 g/mol. The average Bonchev–Trinajstić information content (AvgIpc) is 2.97. The Morgan fingerprint density at radius 3 is 2.72 bits per heavy atom. The number of aliphatic hydroxyl groups is 1. The summed E-state index contributed by atoms with van der Waals surface area (Å²) in [4.78, 5) is 8.33. The Morgan fingerprint density at radius 2 is 2.12 bits per heavy atom. The Balaban J connectivity index is 2.29. The topological polar surface area (TPSA) is 96.3 Å². The number of ether oxygens (including phenoxy) is 1. The van der Waals surface area contributed by atoms with Gasteiger partial charge >= 0.3 is 0 Å². The summed E-state index contributed by atoms with van der Waals surface area (Å²) in [7, 11) is 1.45. The lowest BCUT2D eigenvalue weighted by molar-refractivity contribution is 0.0707. The number of methoxy groups -OCH3 is 1. The number of fused-ring (bicyclic) bond motifs is 1. The van der Waals surface area contributed by atoms with E-state index in [1.54, 1.807) is 19.9 Å². The van der Waals surface area contributed by atoms with Gasteiger partial charge < -0.3 is 9.84 Å². The minimum Gasteiger partial charge on any atom is -0.493 e. The molecule has 3 rings (SSSR count). The number of nitriles is 1. The van der Waals surface area contributed by atoms with Crippen LogP contribution in [0.25, 0.3) is 16.9 Å². The summed E-state index contributed by atoms with van der Waals surface area (Å²) in [5, 5.41) is 23.2. The average molecular weight is 362 g/mol. The summed E-state index contributed by atoms with van der Waals surface area (Å²) in [6.45, 7) is 3.11. The van der Waals surface area contributed by atoms with Crippen LogP contribution in [0.2, 0.25) is 5.15 Å². The van der Waals surface area contributed by atoms with Gasteiger partial charge in [0.1, 0.15) is 28.2 Å². The van der Waals surface area contributed by atoms with Crippen LogP contribution < -0.4 is 4.74 Å². The maximum atomic E-state index is 14.4. The fourth-order valence-corrected chi connectivity index (χ4v) is 2.56. The first kappa shape index (κ1) is 17.1. The van der Waals surface area contributed by atoms with Crippen LogP contribution in [0.3, 0.4) is 0 Å². The molecule has 0 spiro atoms. The molecule has 0 aromatic carbocycles. The highest BCUT2D eigenvalue weighted by molar-refractivity contribution is 6.30. The zero-order valence-electron chi connectivity index (χ0n) is 13.6. The van der Waals surface area contributed by atoms with E-state index < -0.39 is 11.4 Å². The van der Waals surface area contributed by atoms with Gasteiger partial charge in [-0.3, -0.25) is 0 Å². The first-order valence-electron chi connectivity index (χ1n) is 7.18. The van der Waals surface area contributed by atoms with Gasteiger partial charge in [0, 0.05) is 0 Å². The second kappa shape index (κ2) is 5.95. The second-order valence-corrected chi connectivity index (χ2v) is 6.17. The van der Waals surface area contributed by atoms with Gasteiger partial charge in [0.05, 0.1) is 30.6 Å². The molecule has 0 aliphatic carbocycles. The molecule has 0 saturated carbocycles. The summed E-state index contributed by atoms with van der Waals surface area (Å²) < 4.78 is 21.0. The molecular formula is C16H13ClFN5O2. The molecule has 3 heterocycles. The third-order valence-electron chi connectivity index (χ3n) is 3.56. The highest BCUT2D eigenvalue weighted by Gasteiger charge is 2.26. The minimum absolute atomic E-state index is 0.0637. The maximum Gasteiger partial charge on any atom is 0.165 e. The van der Waals surface area contributed by atoms with E-state index in [2.05, 4.69) is 15.1 Å². The van der Waals surface area contributed by atoms with E-state index in [1.807, 2.05) is 0 Å². The van der Waals surface area contributed by atoms with Crippen molar-refractivity contribution in [3.63, 3.8) is 0 Å². The smallest absolute Gasteiger partial charge is 0.165 e. The molecule has 128 valence electrons. The van der Waals surface area contributed by atoms with Gasteiger partial charge in [-0.05, 0) is 19.9 Å². The van der Waals surface area contributed by atoms with Gasteiger partial charge in [-0.15, -0.1) is 0 Å². The Labute approximate surface area is 147 Å². The van der Waals surface area contributed by atoms with Crippen molar-refractivity contribution in [2.75, 3.05) is 7.11 Å². The summed E-state index contributed by atoms with van der Waals surface area (Å²) in [5.41, 5.74) is -0.626. The summed E-state index contributed by atoms with van der Waals surface area (Å²) in [6, 6.07) is 2.78. The lowest BCUT2D eigenvalue weighted by Crippen LogP contribution is -2.19. The molecule has 0 atom stereocenters. The molecule has 0 unspecified atom stereocenters. The molecule has 0 aliphatic rings. The number of halogens is 2. The molecule has 7 nitrogen and oxygen atoms in total. The quantitative estimate of drug-likeness (QED) is 0.720. The van der Waals surface area contributed by atoms with Crippen molar-refractivity contribution < 1.29 is 14.2 Å². The van der Waals surface area contributed by atoms with Crippen LogP contribution in [0.15, 0.2) is 18.5 Å². The summed E-state index contributed by atoms with van der Waals surface area (Å²) in [5.74, 6) is -0.390. The number of hydrogen-bond acceptors (Lipinski definition) is 6. The molecule has 1 N–H and O–H groups in total. The van der Waals surface area contributed by atoms with E-state index in [0.29, 0.717) is 5.75 Å². The number of nitrogens with zero attached hydrogens (tertiary/aromatic N) is 5. The van der Waals surface area contributed by atoms with Crippen molar-refractivity contribution in [1.29, 1.82) is 5.26 Å². The van der Waals surface area contributed by atoms with E-state index >= 15 is 0 Å². The third kappa shape index (κ3) is 2.88. The Morgan fingerprint density at radius 1 is 1.40 bits per heavy atom. The molecule has 3 aromatic rings. The predicted octanol–water partition coefficient (Wildman–Crippen LogP) is 2.69. The molecule has 0 radical (unpaired) electrons. The van der Waals surface area contributed by atoms with Crippen LogP contribution in [0.1, 0.15) is 25.1 Å². The first-order valence-corrected chi connectivity index (χ1v) is 7.55. The zero-order chi connectivity index (χ0) is 18.4. The van der Waals surface area contributed by atoms with E-state index in [9.17, 15) is 9.50 Å². The van der Waals surface area contributed by atoms with Crippen molar-refractivity contribution in [3.05, 3.63) is 40.7 Å². The molecule has 0 fully saturated rings. The highest BCUT2D eigenvalue weighted by Crippen LogP contribution is 2.32. The molecule has 25 heavy (non-hydrogen) atoms. The third-order valence-corrected chi connectivity index (χ3v) is 3.85. The Bertz CT molecular complexity index is 1020. The molecule has 9 heteroatoms. The van der Waals surface area contributed by atoms with Gasteiger partial charge in [0.2, 0.25) is 0 Å². The van der Waals surface area contributed by atoms with Crippen molar-refractivity contribution in [1.82, 2.24) is 19.6 Å². The molecule has 0 amide bonds. The minimum atomic E-state index is -1.29. The monoisotopic (exact) mass is 361 g/mol. The van der Waals surface area contributed by atoms with Gasteiger partial charge in [-0.1, -0.05) is 11.6 Å². The van der Waals surface area contributed by atoms with E-state index in [-0.39, 0.29) is 33.3 Å².